The molecule has 0 bridgehead atoms. The fraction of sp³-hybridized carbons (Fsp3) is 0.600. The normalized spacial score (nSPS) is 30.5. The maximum atomic E-state index is 6.04. The van der Waals surface area contributed by atoms with Crippen molar-refractivity contribution in [1.82, 2.24) is 0 Å². The van der Waals surface area contributed by atoms with Crippen molar-refractivity contribution in [1.29, 1.82) is 0 Å². The van der Waals surface area contributed by atoms with Crippen LogP contribution in [0.25, 0.3) is 0 Å². The lowest BCUT2D eigenvalue weighted by atomic mass is 10.1. The van der Waals surface area contributed by atoms with Gasteiger partial charge >= 0.3 is 0 Å². The van der Waals surface area contributed by atoms with Crippen molar-refractivity contribution in [2.45, 2.75) is 32.7 Å². The van der Waals surface area contributed by atoms with Crippen LogP contribution < -0.4 is 5.73 Å². The van der Waals surface area contributed by atoms with Crippen LogP contribution in [0.3, 0.4) is 0 Å². The fourth-order valence-electron chi connectivity index (χ4n) is 1.84. The van der Waals surface area contributed by atoms with E-state index in [4.69, 9.17) is 5.73 Å². The van der Waals surface area contributed by atoms with Crippen LogP contribution in [0.1, 0.15) is 30.2 Å². The van der Waals surface area contributed by atoms with Gasteiger partial charge in [-0.1, -0.05) is 13.8 Å². The lowest BCUT2D eigenvalue weighted by molar-refractivity contribution is 0.600. The van der Waals surface area contributed by atoms with Gasteiger partial charge in [-0.15, -0.1) is 11.3 Å². The molecule has 2 atom stereocenters. The Hall–Kier alpha value is 0.140. The molecule has 1 nitrogen and oxygen atoms in total. The van der Waals surface area contributed by atoms with E-state index in [9.17, 15) is 0 Å². The van der Waals surface area contributed by atoms with Crippen molar-refractivity contribution in [3.05, 3.63) is 20.3 Å². The minimum Gasteiger partial charge on any atom is -0.327 e. The molecule has 0 radical (unpaired) electrons. The van der Waals surface area contributed by atoms with Crippen molar-refractivity contribution in [3.63, 3.8) is 0 Å². The highest BCUT2D eigenvalue weighted by atomic mass is 79.9. The summed E-state index contributed by atoms with van der Waals surface area (Å²) >= 11 is 5.45. The summed E-state index contributed by atoms with van der Waals surface area (Å²) in [5.74, 6) is 0.556. The van der Waals surface area contributed by atoms with Gasteiger partial charge < -0.3 is 5.73 Å². The van der Waals surface area contributed by atoms with E-state index >= 15 is 0 Å². The van der Waals surface area contributed by atoms with Crippen molar-refractivity contribution < 1.29 is 0 Å². The quantitative estimate of drug-likeness (QED) is 0.824. The summed E-state index contributed by atoms with van der Waals surface area (Å²) in [6.07, 6.45) is 0. The zero-order valence-corrected chi connectivity index (χ0v) is 10.5. The largest absolute Gasteiger partial charge is 0.327 e. The molecule has 1 aromatic heterocycles. The van der Waals surface area contributed by atoms with Gasteiger partial charge in [-0.2, -0.15) is 0 Å². The van der Waals surface area contributed by atoms with Gasteiger partial charge in [0.05, 0.1) is 0 Å². The Labute approximate surface area is 91.5 Å². The first-order valence-electron chi connectivity index (χ1n) is 4.45. The highest BCUT2D eigenvalue weighted by Gasteiger charge is 2.57. The molecule has 1 aliphatic rings. The predicted molar refractivity (Wildman–Crippen MR) is 61.3 cm³/mol. The number of aryl methyl sites for hydroxylation is 1. The highest BCUT2D eigenvalue weighted by Crippen LogP contribution is 2.60. The van der Waals surface area contributed by atoms with Crippen LogP contribution in [0.4, 0.5) is 0 Å². The van der Waals surface area contributed by atoms with Gasteiger partial charge in [0, 0.05) is 21.3 Å². The number of rotatable bonds is 1. The lowest BCUT2D eigenvalue weighted by Gasteiger charge is -2.00. The van der Waals surface area contributed by atoms with Crippen molar-refractivity contribution >= 4 is 27.3 Å². The molecule has 0 saturated heterocycles. The minimum absolute atomic E-state index is 0.291. The molecule has 2 rings (SSSR count). The Bertz CT molecular complexity index is 343. The van der Waals surface area contributed by atoms with E-state index in [1.807, 2.05) is 11.3 Å². The third-order valence-corrected chi connectivity index (χ3v) is 5.62. The molecule has 0 aliphatic heterocycles. The molecule has 3 heteroatoms. The Balaban J connectivity index is 2.34. The van der Waals surface area contributed by atoms with Gasteiger partial charge in [-0.05, 0) is 39.2 Å². The molecule has 1 aromatic rings. The number of hydrogen-bond acceptors (Lipinski definition) is 2. The first kappa shape index (κ1) is 9.69. The zero-order valence-electron chi connectivity index (χ0n) is 8.10. The zero-order chi connectivity index (χ0) is 9.80. The Kier molecular flexibility index (Phi) is 2.10. The SMILES string of the molecule is Cc1csc(C2C(N)C2(C)C)c1Br. The van der Waals surface area contributed by atoms with Gasteiger partial charge in [0.2, 0.25) is 0 Å². The van der Waals surface area contributed by atoms with Gasteiger partial charge in [0.1, 0.15) is 0 Å². The van der Waals surface area contributed by atoms with Gasteiger partial charge in [-0.3, -0.25) is 0 Å². The second-order valence-corrected chi connectivity index (χ2v) is 6.13. The van der Waals surface area contributed by atoms with Crippen LogP contribution in [0.15, 0.2) is 9.85 Å². The highest BCUT2D eigenvalue weighted by molar-refractivity contribution is 9.10. The number of hydrogen-bond donors (Lipinski definition) is 1. The van der Waals surface area contributed by atoms with E-state index < -0.39 is 0 Å². The minimum atomic E-state index is 0.291. The number of halogens is 1. The van der Waals surface area contributed by atoms with Crippen LogP contribution in [0.2, 0.25) is 0 Å². The summed E-state index contributed by atoms with van der Waals surface area (Å²) in [6, 6.07) is 0.335. The summed E-state index contributed by atoms with van der Waals surface area (Å²) in [4.78, 5) is 1.43. The van der Waals surface area contributed by atoms with Crippen molar-refractivity contribution in [3.8, 4) is 0 Å². The molecule has 0 spiro atoms. The average Bonchev–Trinajstić information content (AvgIpc) is 2.39. The number of thiophene rings is 1. The third-order valence-electron chi connectivity index (χ3n) is 3.12. The maximum Gasteiger partial charge on any atom is 0.0347 e. The summed E-state index contributed by atoms with van der Waals surface area (Å²) in [7, 11) is 0. The van der Waals surface area contributed by atoms with Crippen LogP contribution in [-0.2, 0) is 0 Å². The van der Waals surface area contributed by atoms with Crippen molar-refractivity contribution in [2.75, 3.05) is 0 Å². The molecule has 2 unspecified atom stereocenters. The summed E-state index contributed by atoms with van der Waals surface area (Å²) < 4.78 is 1.27. The monoisotopic (exact) mass is 259 g/mol. The molecule has 72 valence electrons. The molecular weight excluding hydrogens is 246 g/mol. The van der Waals surface area contributed by atoms with E-state index in [1.54, 1.807) is 0 Å². The lowest BCUT2D eigenvalue weighted by Crippen LogP contribution is -2.06. The van der Waals surface area contributed by atoms with E-state index in [0.717, 1.165) is 0 Å². The second kappa shape index (κ2) is 2.81. The summed E-state index contributed by atoms with van der Waals surface area (Å²) in [5.41, 5.74) is 7.66. The van der Waals surface area contributed by atoms with Gasteiger partial charge in [0.15, 0.2) is 0 Å². The van der Waals surface area contributed by atoms with Crippen LogP contribution in [0, 0.1) is 12.3 Å². The number of nitrogens with two attached hydrogens (primary N) is 1. The average molecular weight is 260 g/mol. The molecule has 1 saturated carbocycles. The van der Waals surface area contributed by atoms with Crippen molar-refractivity contribution in [2.24, 2.45) is 11.1 Å². The Morgan fingerprint density at radius 1 is 1.54 bits per heavy atom. The Morgan fingerprint density at radius 3 is 2.38 bits per heavy atom. The first-order chi connectivity index (χ1) is 5.96. The molecule has 1 aliphatic carbocycles. The van der Waals surface area contributed by atoms with E-state index in [0.29, 0.717) is 17.4 Å². The second-order valence-electron chi connectivity index (χ2n) is 4.42. The summed E-state index contributed by atoms with van der Waals surface area (Å²) in [6.45, 7) is 6.61. The third kappa shape index (κ3) is 1.29. The van der Waals surface area contributed by atoms with Gasteiger partial charge in [-0.25, -0.2) is 0 Å². The molecular formula is C10H14BrNS. The maximum absolute atomic E-state index is 6.04. The van der Waals surface area contributed by atoms with Crippen LogP contribution >= 0.6 is 27.3 Å². The van der Waals surface area contributed by atoms with E-state index in [2.05, 4.69) is 42.1 Å². The molecule has 2 N–H and O–H groups in total. The summed E-state index contributed by atoms with van der Waals surface area (Å²) in [5, 5.41) is 2.19. The van der Waals surface area contributed by atoms with Crippen LogP contribution in [-0.4, -0.2) is 6.04 Å². The first-order valence-corrected chi connectivity index (χ1v) is 6.12. The smallest absolute Gasteiger partial charge is 0.0347 e. The van der Waals surface area contributed by atoms with E-state index in [-0.39, 0.29) is 0 Å². The topological polar surface area (TPSA) is 26.0 Å². The molecule has 0 aromatic carbocycles. The Morgan fingerprint density at radius 2 is 2.08 bits per heavy atom. The molecule has 1 fully saturated rings. The molecule has 0 amide bonds. The predicted octanol–water partition coefficient (Wildman–Crippen LogP) is 3.27. The molecule has 13 heavy (non-hydrogen) atoms. The van der Waals surface area contributed by atoms with Crippen LogP contribution in [0.5, 0.6) is 0 Å². The van der Waals surface area contributed by atoms with E-state index in [1.165, 1.54) is 14.9 Å². The molecule has 1 heterocycles. The van der Waals surface area contributed by atoms with Gasteiger partial charge in [0.25, 0.3) is 0 Å². The fourth-order valence-corrected chi connectivity index (χ4v) is 3.91. The standard InChI is InChI=1S/C10H14BrNS/c1-5-4-13-8(7(5)11)6-9(12)10(6,2)3/h4,6,9H,12H2,1-3H3.